The molecule has 2 heterocycles. The number of piperidine rings is 1. The van der Waals surface area contributed by atoms with Gasteiger partial charge in [0, 0.05) is 29.9 Å². The lowest BCUT2D eigenvalue weighted by atomic mass is 10.0. The molecule has 3 rings (SSSR count). The predicted octanol–water partition coefficient (Wildman–Crippen LogP) is 4.73. The van der Waals surface area contributed by atoms with E-state index < -0.39 is 0 Å². The molecule has 0 spiro atoms. The zero-order chi connectivity index (χ0) is 16.4. The molecular weight excluding hydrogens is 308 g/mol. The number of nitrogens with zero attached hydrogens (tertiary/aromatic N) is 3. The van der Waals surface area contributed by atoms with Crippen LogP contribution in [0.15, 0.2) is 24.3 Å². The lowest BCUT2D eigenvalue weighted by Crippen LogP contribution is -2.35. The smallest absolute Gasteiger partial charge is 0.136 e. The van der Waals surface area contributed by atoms with Crippen LogP contribution >= 0.6 is 11.6 Å². The highest BCUT2D eigenvalue weighted by Crippen LogP contribution is 2.26. The second kappa shape index (κ2) is 6.75. The average molecular weight is 331 g/mol. The normalized spacial score (nSPS) is 18.1. The van der Waals surface area contributed by atoms with Gasteiger partial charge in [-0.25, -0.2) is 9.97 Å². The molecule has 4 nitrogen and oxygen atoms in total. The van der Waals surface area contributed by atoms with Crippen LogP contribution < -0.4 is 10.2 Å². The van der Waals surface area contributed by atoms with Crippen molar-refractivity contribution < 1.29 is 0 Å². The number of benzene rings is 1. The minimum absolute atomic E-state index is 0.714. The van der Waals surface area contributed by atoms with Gasteiger partial charge in [-0.05, 0) is 50.3 Å². The van der Waals surface area contributed by atoms with Crippen LogP contribution in [0, 0.1) is 19.8 Å². The van der Waals surface area contributed by atoms with Crippen LogP contribution in [0.1, 0.15) is 31.2 Å². The fraction of sp³-hybridized carbons (Fsp3) is 0.444. The van der Waals surface area contributed by atoms with Gasteiger partial charge in [-0.2, -0.15) is 0 Å². The van der Waals surface area contributed by atoms with Crippen LogP contribution in [0.4, 0.5) is 17.3 Å². The first kappa shape index (κ1) is 16.1. The van der Waals surface area contributed by atoms with Gasteiger partial charge in [0.25, 0.3) is 0 Å². The summed E-state index contributed by atoms with van der Waals surface area (Å²) >= 11 is 6.20. The highest BCUT2D eigenvalue weighted by atomic mass is 35.5. The fourth-order valence-electron chi connectivity index (χ4n) is 2.99. The fourth-order valence-corrected chi connectivity index (χ4v) is 3.17. The van der Waals surface area contributed by atoms with Crippen molar-refractivity contribution in [2.24, 2.45) is 5.92 Å². The molecule has 2 aromatic rings. The Morgan fingerprint density at radius 2 is 2.04 bits per heavy atom. The summed E-state index contributed by atoms with van der Waals surface area (Å²) in [5, 5.41) is 4.10. The first-order chi connectivity index (χ1) is 11.0. The molecule has 1 fully saturated rings. The molecule has 23 heavy (non-hydrogen) atoms. The van der Waals surface area contributed by atoms with Gasteiger partial charge in [-0.15, -0.1) is 0 Å². The minimum atomic E-state index is 0.714. The van der Waals surface area contributed by atoms with E-state index in [0.29, 0.717) is 5.92 Å². The topological polar surface area (TPSA) is 41.1 Å². The zero-order valence-electron chi connectivity index (χ0n) is 13.9. The molecule has 0 aliphatic carbocycles. The molecule has 1 unspecified atom stereocenters. The lowest BCUT2D eigenvalue weighted by Gasteiger charge is -2.32. The Morgan fingerprint density at radius 3 is 2.78 bits per heavy atom. The van der Waals surface area contributed by atoms with Gasteiger partial charge in [0.15, 0.2) is 0 Å². The van der Waals surface area contributed by atoms with E-state index in [1.807, 2.05) is 38.1 Å². The molecule has 1 aromatic heterocycles. The summed E-state index contributed by atoms with van der Waals surface area (Å²) in [6.45, 7) is 8.36. The number of anilines is 3. The quantitative estimate of drug-likeness (QED) is 0.883. The summed E-state index contributed by atoms with van der Waals surface area (Å²) in [6.07, 6.45) is 2.52. The van der Waals surface area contributed by atoms with E-state index in [9.17, 15) is 0 Å². The second-order valence-electron chi connectivity index (χ2n) is 6.44. The second-order valence-corrected chi connectivity index (χ2v) is 6.85. The molecule has 1 aromatic carbocycles. The number of hydrogen-bond acceptors (Lipinski definition) is 4. The third-order valence-corrected chi connectivity index (χ3v) is 4.66. The van der Waals surface area contributed by atoms with Crippen molar-refractivity contribution in [3.8, 4) is 0 Å². The van der Waals surface area contributed by atoms with Crippen molar-refractivity contribution in [2.45, 2.75) is 33.6 Å². The van der Waals surface area contributed by atoms with Crippen LogP contribution in [-0.4, -0.2) is 23.1 Å². The molecule has 5 heteroatoms. The van der Waals surface area contributed by atoms with Crippen molar-refractivity contribution in [2.75, 3.05) is 23.3 Å². The molecule has 1 aliphatic heterocycles. The van der Waals surface area contributed by atoms with Crippen molar-refractivity contribution >= 4 is 28.9 Å². The summed E-state index contributed by atoms with van der Waals surface area (Å²) in [7, 11) is 0. The Labute approximate surface area is 142 Å². The molecule has 1 N–H and O–H groups in total. The number of nitrogens with one attached hydrogen (secondary N) is 1. The van der Waals surface area contributed by atoms with E-state index in [2.05, 4.69) is 27.1 Å². The van der Waals surface area contributed by atoms with E-state index in [1.165, 1.54) is 12.8 Å². The van der Waals surface area contributed by atoms with Crippen LogP contribution in [0.5, 0.6) is 0 Å². The molecule has 1 atom stereocenters. The maximum Gasteiger partial charge on any atom is 0.136 e. The Morgan fingerprint density at radius 1 is 1.22 bits per heavy atom. The molecule has 1 saturated heterocycles. The van der Waals surface area contributed by atoms with E-state index in [-0.39, 0.29) is 0 Å². The van der Waals surface area contributed by atoms with Crippen molar-refractivity contribution in [1.82, 2.24) is 9.97 Å². The summed E-state index contributed by atoms with van der Waals surface area (Å²) in [5.74, 6) is 3.31. The third kappa shape index (κ3) is 3.94. The SMILES string of the molecule is Cc1nc(Nc2ccc(C)c(Cl)c2)cc(N2CCCC(C)C2)n1. The highest BCUT2D eigenvalue weighted by molar-refractivity contribution is 6.31. The summed E-state index contributed by atoms with van der Waals surface area (Å²) < 4.78 is 0. The summed E-state index contributed by atoms with van der Waals surface area (Å²) in [6, 6.07) is 7.98. The maximum absolute atomic E-state index is 6.20. The summed E-state index contributed by atoms with van der Waals surface area (Å²) in [5.41, 5.74) is 2.01. The Hall–Kier alpha value is -1.81. The van der Waals surface area contributed by atoms with Crippen molar-refractivity contribution in [1.29, 1.82) is 0 Å². The summed E-state index contributed by atoms with van der Waals surface area (Å²) in [4.78, 5) is 11.5. The number of rotatable bonds is 3. The number of aromatic nitrogens is 2. The third-order valence-electron chi connectivity index (χ3n) is 4.25. The number of aryl methyl sites for hydroxylation is 2. The maximum atomic E-state index is 6.20. The minimum Gasteiger partial charge on any atom is -0.356 e. The average Bonchev–Trinajstić information content (AvgIpc) is 2.50. The van der Waals surface area contributed by atoms with Crippen LogP contribution in [0.3, 0.4) is 0 Å². The number of hydrogen-bond donors (Lipinski definition) is 1. The van der Waals surface area contributed by atoms with Gasteiger partial charge in [0.1, 0.15) is 17.5 Å². The molecular formula is C18H23ClN4. The van der Waals surface area contributed by atoms with E-state index >= 15 is 0 Å². The Bertz CT molecular complexity index is 701. The predicted molar refractivity (Wildman–Crippen MR) is 96.9 cm³/mol. The van der Waals surface area contributed by atoms with Gasteiger partial charge < -0.3 is 10.2 Å². The van der Waals surface area contributed by atoms with Gasteiger partial charge >= 0.3 is 0 Å². The molecule has 122 valence electrons. The molecule has 0 bridgehead atoms. The number of halogens is 1. The van der Waals surface area contributed by atoms with Gasteiger partial charge in [-0.1, -0.05) is 24.6 Å². The Balaban J connectivity index is 1.83. The van der Waals surface area contributed by atoms with Crippen LogP contribution in [0.25, 0.3) is 0 Å². The lowest BCUT2D eigenvalue weighted by molar-refractivity contribution is 0.444. The first-order valence-corrected chi connectivity index (χ1v) is 8.53. The standard InChI is InChI=1S/C18H23ClN4/c1-12-5-4-8-23(11-12)18-10-17(20-14(3)21-18)22-15-7-6-13(2)16(19)9-15/h6-7,9-10,12H,4-5,8,11H2,1-3H3,(H,20,21,22). The molecule has 0 radical (unpaired) electrons. The van der Waals surface area contributed by atoms with Gasteiger partial charge in [0.2, 0.25) is 0 Å². The monoisotopic (exact) mass is 330 g/mol. The zero-order valence-corrected chi connectivity index (χ0v) is 14.7. The first-order valence-electron chi connectivity index (χ1n) is 8.15. The van der Waals surface area contributed by atoms with Gasteiger partial charge in [0.05, 0.1) is 0 Å². The van der Waals surface area contributed by atoms with E-state index in [1.54, 1.807) is 0 Å². The van der Waals surface area contributed by atoms with Gasteiger partial charge in [-0.3, -0.25) is 0 Å². The Kier molecular flexibility index (Phi) is 4.71. The van der Waals surface area contributed by atoms with Crippen LogP contribution in [-0.2, 0) is 0 Å². The molecule has 1 aliphatic rings. The van der Waals surface area contributed by atoms with E-state index in [4.69, 9.17) is 11.6 Å². The molecule has 0 amide bonds. The van der Waals surface area contributed by atoms with Crippen molar-refractivity contribution in [3.63, 3.8) is 0 Å². The van der Waals surface area contributed by atoms with Crippen LogP contribution in [0.2, 0.25) is 5.02 Å². The molecule has 0 saturated carbocycles. The highest BCUT2D eigenvalue weighted by Gasteiger charge is 2.18. The van der Waals surface area contributed by atoms with E-state index in [0.717, 1.165) is 46.8 Å². The largest absolute Gasteiger partial charge is 0.356 e. The van der Waals surface area contributed by atoms with Crippen molar-refractivity contribution in [3.05, 3.63) is 40.7 Å².